The molecule has 0 amide bonds. The van der Waals surface area contributed by atoms with E-state index in [-0.39, 0.29) is 23.0 Å². The third kappa shape index (κ3) is 5.85. The molecule has 0 aromatic heterocycles. The van der Waals surface area contributed by atoms with Gasteiger partial charge >= 0.3 is 6.18 Å². The SMILES string of the molecule is CC1COC(C2CCC(C#Cc3ccc4c(F)c(C#CC(F)(F)F)c(F)cc4c3)CC2)OC1. The summed E-state index contributed by atoms with van der Waals surface area (Å²) in [4.78, 5) is 0. The largest absolute Gasteiger partial charge is 0.458 e. The van der Waals surface area contributed by atoms with Gasteiger partial charge in [0.05, 0.1) is 18.8 Å². The lowest BCUT2D eigenvalue weighted by molar-refractivity contribution is -0.226. The minimum absolute atomic E-state index is 0.00395. The van der Waals surface area contributed by atoms with Gasteiger partial charge < -0.3 is 9.47 Å². The molecule has 2 fully saturated rings. The van der Waals surface area contributed by atoms with E-state index in [0.29, 0.717) is 17.4 Å². The molecule has 1 aliphatic heterocycles. The molecule has 0 spiro atoms. The van der Waals surface area contributed by atoms with E-state index in [2.05, 4.69) is 18.8 Å². The molecule has 0 bridgehead atoms. The second-order valence-electron chi connectivity index (χ2n) is 8.75. The average molecular weight is 462 g/mol. The summed E-state index contributed by atoms with van der Waals surface area (Å²) in [5.74, 6) is 7.54. The summed E-state index contributed by atoms with van der Waals surface area (Å²) in [5.41, 5.74) is -0.304. The number of alkyl halides is 3. The molecule has 1 aliphatic carbocycles. The molecule has 2 nitrogen and oxygen atoms in total. The predicted molar refractivity (Wildman–Crippen MR) is 114 cm³/mol. The zero-order chi connectivity index (χ0) is 23.6. The van der Waals surface area contributed by atoms with Crippen LogP contribution in [0.15, 0.2) is 24.3 Å². The highest BCUT2D eigenvalue weighted by Gasteiger charge is 2.31. The first-order chi connectivity index (χ1) is 15.7. The molecule has 4 rings (SSSR count). The number of ether oxygens (including phenoxy) is 2. The monoisotopic (exact) mass is 462 g/mol. The fourth-order valence-corrected chi connectivity index (χ4v) is 4.26. The first-order valence-electron chi connectivity index (χ1n) is 11.0. The van der Waals surface area contributed by atoms with E-state index in [1.807, 2.05) is 0 Å². The van der Waals surface area contributed by atoms with Gasteiger partial charge in [-0.2, -0.15) is 13.2 Å². The second-order valence-corrected chi connectivity index (χ2v) is 8.75. The molecule has 174 valence electrons. The fourth-order valence-electron chi connectivity index (χ4n) is 4.26. The lowest BCUT2D eigenvalue weighted by atomic mass is 9.81. The zero-order valence-electron chi connectivity index (χ0n) is 18.1. The van der Waals surface area contributed by atoms with Crippen LogP contribution in [-0.2, 0) is 9.47 Å². The van der Waals surface area contributed by atoms with Gasteiger partial charge in [-0.25, -0.2) is 8.78 Å². The average Bonchev–Trinajstić information content (AvgIpc) is 2.77. The molecule has 2 aliphatic rings. The number of fused-ring (bicyclic) bond motifs is 1. The van der Waals surface area contributed by atoms with Crippen LogP contribution < -0.4 is 0 Å². The maximum atomic E-state index is 14.6. The fraction of sp³-hybridized carbons (Fsp3) is 0.462. The first-order valence-corrected chi connectivity index (χ1v) is 11.0. The first kappa shape index (κ1) is 23.5. The Hall–Kier alpha value is -2.61. The number of rotatable bonds is 1. The standard InChI is InChI=1S/C26H23F5O2/c1-16-14-32-25(33-15-16)19-7-4-17(5-8-19)2-3-18-6-9-21-20(12-18)13-23(27)22(24(21)28)10-11-26(29,30)31/h6,9,12-13,16-17,19,25H,4-5,7-8,14-15H2,1H3. The predicted octanol–water partition coefficient (Wildman–Crippen LogP) is 6.20. The van der Waals surface area contributed by atoms with Crippen LogP contribution in [0.3, 0.4) is 0 Å². The summed E-state index contributed by atoms with van der Waals surface area (Å²) in [7, 11) is 0. The van der Waals surface area contributed by atoms with Gasteiger partial charge in [-0.15, -0.1) is 0 Å². The molecule has 0 atom stereocenters. The Morgan fingerprint density at radius 3 is 2.30 bits per heavy atom. The van der Waals surface area contributed by atoms with Crippen molar-refractivity contribution in [2.75, 3.05) is 13.2 Å². The van der Waals surface area contributed by atoms with Crippen molar-refractivity contribution in [1.29, 1.82) is 0 Å². The number of hydrogen-bond donors (Lipinski definition) is 0. The van der Waals surface area contributed by atoms with E-state index in [9.17, 15) is 22.0 Å². The van der Waals surface area contributed by atoms with Gasteiger partial charge in [0.25, 0.3) is 0 Å². The molecule has 2 aromatic carbocycles. The highest BCUT2D eigenvalue weighted by molar-refractivity contribution is 5.86. The molecule has 1 heterocycles. The zero-order valence-corrected chi connectivity index (χ0v) is 18.1. The van der Waals surface area contributed by atoms with Crippen LogP contribution in [0.25, 0.3) is 10.8 Å². The van der Waals surface area contributed by atoms with Gasteiger partial charge in [0.2, 0.25) is 0 Å². The summed E-state index contributed by atoms with van der Waals surface area (Å²) >= 11 is 0. The van der Waals surface area contributed by atoms with Gasteiger partial charge in [0.15, 0.2) is 6.29 Å². The van der Waals surface area contributed by atoms with Crippen LogP contribution in [-0.4, -0.2) is 25.7 Å². The van der Waals surface area contributed by atoms with Crippen LogP contribution in [0, 0.1) is 53.1 Å². The molecular weight excluding hydrogens is 439 g/mol. The molecule has 7 heteroatoms. The van der Waals surface area contributed by atoms with Crippen molar-refractivity contribution in [3.8, 4) is 23.7 Å². The summed E-state index contributed by atoms with van der Waals surface area (Å²) in [6.07, 6.45) is -1.18. The van der Waals surface area contributed by atoms with Gasteiger partial charge in [-0.1, -0.05) is 30.8 Å². The van der Waals surface area contributed by atoms with Crippen molar-refractivity contribution in [3.63, 3.8) is 0 Å². The minimum atomic E-state index is -4.83. The summed E-state index contributed by atoms with van der Waals surface area (Å²) < 4.78 is 77.3. The second kappa shape index (κ2) is 9.71. The van der Waals surface area contributed by atoms with Crippen molar-refractivity contribution < 1.29 is 31.4 Å². The molecule has 0 N–H and O–H groups in total. The topological polar surface area (TPSA) is 18.5 Å². The molecular formula is C26H23F5O2. The van der Waals surface area contributed by atoms with Gasteiger partial charge in [0.1, 0.15) is 11.6 Å². The van der Waals surface area contributed by atoms with Crippen molar-refractivity contribution >= 4 is 10.8 Å². The van der Waals surface area contributed by atoms with E-state index < -0.39 is 23.4 Å². The molecule has 1 saturated carbocycles. The minimum Gasteiger partial charge on any atom is -0.352 e. The van der Waals surface area contributed by atoms with Crippen molar-refractivity contribution in [2.24, 2.45) is 17.8 Å². The highest BCUT2D eigenvalue weighted by atomic mass is 19.4. The Labute approximate surface area is 189 Å². The van der Waals surface area contributed by atoms with E-state index in [0.717, 1.165) is 50.9 Å². The van der Waals surface area contributed by atoms with Crippen LogP contribution in [0.1, 0.15) is 43.7 Å². The number of benzene rings is 2. The lowest BCUT2D eigenvalue weighted by Gasteiger charge is -2.36. The van der Waals surface area contributed by atoms with Gasteiger partial charge in [-0.3, -0.25) is 0 Å². The Morgan fingerprint density at radius 2 is 1.64 bits per heavy atom. The Balaban J connectivity index is 1.44. The van der Waals surface area contributed by atoms with Crippen molar-refractivity contribution in [2.45, 2.75) is 45.1 Å². The van der Waals surface area contributed by atoms with E-state index in [4.69, 9.17) is 9.47 Å². The maximum absolute atomic E-state index is 14.6. The molecule has 1 saturated heterocycles. The maximum Gasteiger partial charge on any atom is 0.458 e. The molecule has 0 unspecified atom stereocenters. The molecule has 2 aromatic rings. The van der Waals surface area contributed by atoms with E-state index >= 15 is 0 Å². The quantitative estimate of drug-likeness (QED) is 0.371. The van der Waals surface area contributed by atoms with Crippen LogP contribution in [0.2, 0.25) is 0 Å². The summed E-state index contributed by atoms with van der Waals surface area (Å²) in [6, 6.07) is 5.49. The lowest BCUT2D eigenvalue weighted by Crippen LogP contribution is -2.37. The Kier molecular flexibility index (Phi) is 6.93. The summed E-state index contributed by atoms with van der Waals surface area (Å²) in [5, 5.41) is 0.217. The Morgan fingerprint density at radius 1 is 0.939 bits per heavy atom. The van der Waals surface area contributed by atoms with Crippen molar-refractivity contribution in [3.05, 3.63) is 47.0 Å². The summed E-state index contributed by atoms with van der Waals surface area (Å²) in [6.45, 7) is 3.55. The normalized spacial score (nSPS) is 25.6. The van der Waals surface area contributed by atoms with E-state index in [1.54, 1.807) is 12.0 Å². The third-order valence-corrected chi connectivity index (χ3v) is 6.03. The molecule has 0 radical (unpaired) electrons. The van der Waals surface area contributed by atoms with Gasteiger partial charge in [-0.05, 0) is 49.3 Å². The van der Waals surface area contributed by atoms with Crippen LogP contribution in [0.5, 0.6) is 0 Å². The highest BCUT2D eigenvalue weighted by Crippen LogP contribution is 2.34. The third-order valence-electron chi connectivity index (χ3n) is 6.03. The Bertz CT molecular complexity index is 1130. The van der Waals surface area contributed by atoms with Crippen LogP contribution in [0.4, 0.5) is 22.0 Å². The van der Waals surface area contributed by atoms with Crippen molar-refractivity contribution in [1.82, 2.24) is 0 Å². The van der Waals surface area contributed by atoms with Crippen LogP contribution >= 0.6 is 0 Å². The van der Waals surface area contributed by atoms with E-state index in [1.165, 1.54) is 12.1 Å². The number of hydrogen-bond acceptors (Lipinski definition) is 2. The smallest absolute Gasteiger partial charge is 0.352 e. The molecule has 33 heavy (non-hydrogen) atoms. The van der Waals surface area contributed by atoms with Gasteiger partial charge in [0, 0.05) is 34.6 Å². The number of halogens is 5.